The first kappa shape index (κ1) is 63.2. The van der Waals surface area contributed by atoms with Crippen LogP contribution in [0.2, 0.25) is 0 Å². The van der Waals surface area contributed by atoms with Gasteiger partial charge in [-0.25, -0.2) is 0 Å². The van der Waals surface area contributed by atoms with Crippen LogP contribution >= 0.6 is 0 Å². The predicted octanol–water partition coefficient (Wildman–Crippen LogP) is 10.8. The summed E-state index contributed by atoms with van der Waals surface area (Å²) in [5.74, 6) is -2.18. The van der Waals surface area contributed by atoms with Gasteiger partial charge in [0.2, 0.25) is 0 Å². The van der Waals surface area contributed by atoms with E-state index < -0.39 is 23.6 Å². The second-order valence-electron chi connectivity index (χ2n) is 22.8. The number of carbonyl (C=O) groups is 4. The zero-order chi connectivity index (χ0) is 62.1. The number of hydrogen-bond donors (Lipinski definition) is 8. The molecule has 8 aromatic carbocycles. The summed E-state index contributed by atoms with van der Waals surface area (Å²) in [5, 5.41) is 59.9. The molecule has 0 spiro atoms. The maximum atomic E-state index is 13.9. The largest absolute Gasteiger partial charge is 0.507 e. The first-order chi connectivity index (χ1) is 42.6. The number of phenolic OH excluding ortho intramolecular Hbond substituents is 4. The van der Waals surface area contributed by atoms with E-state index in [1.807, 2.05) is 173 Å². The van der Waals surface area contributed by atoms with Gasteiger partial charge >= 0.3 is 0 Å². The predicted molar refractivity (Wildman–Crippen MR) is 343 cm³/mol. The van der Waals surface area contributed by atoms with Crippen molar-refractivity contribution in [3.8, 4) is 23.0 Å². The Balaban J connectivity index is 1.02. The normalized spacial score (nSPS) is 15.3. The van der Waals surface area contributed by atoms with Gasteiger partial charge in [0.25, 0.3) is 23.6 Å². The minimum atomic E-state index is -0.414. The number of para-hydroxylation sites is 4. The number of benzene rings is 8. The van der Waals surface area contributed by atoms with Gasteiger partial charge in [0.15, 0.2) is 0 Å². The van der Waals surface area contributed by atoms with Gasteiger partial charge < -0.3 is 41.7 Å². The Morgan fingerprint density at radius 2 is 0.477 bits per heavy atom. The quantitative estimate of drug-likeness (QED) is 0.0358. The third-order valence-electron chi connectivity index (χ3n) is 16.6. The zero-order valence-corrected chi connectivity index (χ0v) is 50.5. The molecular formula is C72H80N8O8. The molecule has 1 fully saturated rings. The maximum absolute atomic E-state index is 13.9. The molecule has 88 heavy (non-hydrogen) atoms. The number of carbonyl (C=O) groups excluding carboxylic acids is 4. The molecule has 4 atom stereocenters. The van der Waals surface area contributed by atoms with Crippen LogP contribution in [0, 0.1) is 0 Å². The lowest BCUT2D eigenvalue weighted by molar-refractivity contribution is 0.0926. The molecule has 0 unspecified atom stereocenters. The van der Waals surface area contributed by atoms with Gasteiger partial charge in [-0.3, -0.25) is 38.8 Å². The Hall–Kier alpha value is -9.32. The number of hydrogen-bond acceptors (Lipinski definition) is 12. The van der Waals surface area contributed by atoms with Crippen molar-refractivity contribution in [3.63, 3.8) is 0 Å². The van der Waals surface area contributed by atoms with E-state index in [0.717, 1.165) is 22.3 Å². The topological polar surface area (TPSA) is 210 Å². The first-order valence-electron chi connectivity index (χ1n) is 30.2. The highest BCUT2D eigenvalue weighted by Gasteiger charge is 2.26. The Morgan fingerprint density at radius 3 is 0.659 bits per heavy atom. The fourth-order valence-electron chi connectivity index (χ4n) is 11.2. The summed E-state index contributed by atoms with van der Waals surface area (Å²) in [5.41, 5.74) is 6.45. The van der Waals surface area contributed by atoms with Crippen molar-refractivity contribution in [2.45, 2.75) is 78.0 Å². The van der Waals surface area contributed by atoms with Gasteiger partial charge in [0.1, 0.15) is 23.0 Å². The SMILES string of the molecule is C[C@@H](NC(=O)c1cccc(CN2CCN(Cc3cccc(C(=O)N[C@H](C)c4ccccc4)c3O)CCN(Cc3cccc(C(=O)N[C@H](C)c4ccccc4)c3O)CCN(Cc3cccc(C(=O)N[C@H](C)c4ccccc4)c3O)CC2)c1O)c1ccccc1. The fraction of sp³-hybridized carbons (Fsp3) is 0.278. The summed E-state index contributed by atoms with van der Waals surface area (Å²) in [6, 6.07) is 57.9. The van der Waals surface area contributed by atoms with Crippen molar-refractivity contribution in [3.05, 3.63) is 261 Å². The second kappa shape index (κ2) is 30.3. The summed E-state index contributed by atoms with van der Waals surface area (Å²) < 4.78 is 0. The molecule has 1 saturated heterocycles. The van der Waals surface area contributed by atoms with Gasteiger partial charge in [-0.2, -0.15) is 0 Å². The van der Waals surface area contributed by atoms with Crippen LogP contribution in [0.25, 0.3) is 0 Å². The van der Waals surface area contributed by atoms with Crippen molar-refractivity contribution >= 4 is 23.6 Å². The average Bonchev–Trinajstić information content (AvgIpc) is 3.69. The molecule has 1 aliphatic rings. The average molecular weight is 1190 g/mol. The number of amides is 4. The van der Waals surface area contributed by atoms with Crippen molar-refractivity contribution in [2.75, 3.05) is 52.4 Å². The Bertz CT molecular complexity index is 3140. The summed E-state index contributed by atoms with van der Waals surface area (Å²) in [7, 11) is 0. The fourth-order valence-corrected chi connectivity index (χ4v) is 11.2. The smallest absolute Gasteiger partial charge is 0.255 e. The molecule has 8 N–H and O–H groups in total. The summed E-state index contributed by atoms with van der Waals surface area (Å²) in [4.78, 5) is 64.3. The molecule has 0 bridgehead atoms. The lowest BCUT2D eigenvalue weighted by atomic mass is 10.0. The standard InChI is InChI=1S/C72H80N8O8/c1-49(53-21-9-5-10-22-53)73-69(85)61-33-17-29-57(65(61)81)45-77-37-39-78(46-58-30-18-34-62(66(58)82)70(86)74-50(2)54-23-11-6-12-24-54)41-43-80(48-60-32-20-36-64(68(60)84)72(88)76-52(4)56-27-15-8-16-28-56)44-42-79(40-38-77)47-59-31-19-35-63(67(59)83)71(87)75-51(3)55-25-13-7-14-26-55/h5-36,49-52,81-84H,37-48H2,1-4H3,(H,73,85)(H,74,86)(H,75,87)(H,76,88)/t49-,50-,51-,52-/m1/s1. The van der Waals surface area contributed by atoms with E-state index in [2.05, 4.69) is 40.9 Å². The number of rotatable bonds is 20. The zero-order valence-electron chi connectivity index (χ0n) is 50.5. The summed E-state index contributed by atoms with van der Waals surface area (Å²) in [6.07, 6.45) is 0. The van der Waals surface area contributed by atoms with E-state index >= 15 is 0 Å². The highest BCUT2D eigenvalue weighted by molar-refractivity contribution is 5.99. The second-order valence-corrected chi connectivity index (χ2v) is 22.8. The van der Waals surface area contributed by atoms with Crippen molar-refractivity contribution < 1.29 is 39.6 Å². The highest BCUT2D eigenvalue weighted by Crippen LogP contribution is 2.31. The first-order valence-corrected chi connectivity index (χ1v) is 30.2. The van der Waals surface area contributed by atoms with E-state index in [9.17, 15) is 39.6 Å². The van der Waals surface area contributed by atoms with Gasteiger partial charge in [0.05, 0.1) is 46.4 Å². The molecule has 0 aromatic heterocycles. The third-order valence-corrected chi connectivity index (χ3v) is 16.6. The van der Waals surface area contributed by atoms with Crippen molar-refractivity contribution in [1.29, 1.82) is 0 Å². The molecule has 16 heteroatoms. The summed E-state index contributed by atoms with van der Waals surface area (Å²) in [6.45, 7) is 12.2. The minimum Gasteiger partial charge on any atom is -0.507 e. The number of phenols is 4. The monoisotopic (exact) mass is 1180 g/mol. The highest BCUT2D eigenvalue weighted by atomic mass is 16.3. The maximum Gasteiger partial charge on any atom is 0.255 e. The molecule has 1 aliphatic heterocycles. The molecule has 4 amide bonds. The molecule has 0 saturated carbocycles. The minimum absolute atomic E-state index is 0.130. The van der Waals surface area contributed by atoms with Crippen LogP contribution in [-0.2, 0) is 26.2 Å². The van der Waals surface area contributed by atoms with Crippen molar-refractivity contribution in [2.24, 2.45) is 0 Å². The van der Waals surface area contributed by atoms with Crippen LogP contribution in [0.5, 0.6) is 23.0 Å². The van der Waals surface area contributed by atoms with Crippen LogP contribution in [0.1, 0.15) is 138 Å². The Kier molecular flexibility index (Phi) is 21.8. The number of nitrogens with zero attached hydrogens (tertiary/aromatic N) is 4. The van der Waals surface area contributed by atoms with E-state index in [1.165, 1.54) is 0 Å². The summed E-state index contributed by atoms with van der Waals surface area (Å²) >= 11 is 0. The molecule has 16 nitrogen and oxygen atoms in total. The van der Waals surface area contributed by atoms with Crippen molar-refractivity contribution in [1.82, 2.24) is 40.9 Å². The van der Waals surface area contributed by atoms with E-state index in [-0.39, 0.29) is 95.6 Å². The number of nitrogens with one attached hydrogen (secondary N) is 4. The molecule has 456 valence electrons. The Morgan fingerprint density at radius 1 is 0.295 bits per heavy atom. The van der Waals surface area contributed by atoms with Crippen LogP contribution in [-0.4, -0.2) is 116 Å². The number of aromatic hydroxyl groups is 4. The molecule has 9 rings (SSSR count). The molecule has 0 aliphatic carbocycles. The van der Waals surface area contributed by atoms with E-state index in [0.29, 0.717) is 74.6 Å². The van der Waals surface area contributed by atoms with E-state index in [1.54, 1.807) is 48.5 Å². The van der Waals surface area contributed by atoms with Gasteiger partial charge in [-0.1, -0.05) is 170 Å². The molecule has 0 radical (unpaired) electrons. The van der Waals surface area contributed by atoms with Crippen LogP contribution in [0.4, 0.5) is 0 Å². The lowest BCUT2D eigenvalue weighted by Gasteiger charge is -2.35. The lowest BCUT2D eigenvalue weighted by Crippen LogP contribution is -2.45. The van der Waals surface area contributed by atoms with Crippen LogP contribution < -0.4 is 21.3 Å². The van der Waals surface area contributed by atoms with Gasteiger partial charge in [0, 0.05) is 101 Å². The third kappa shape index (κ3) is 16.6. The molecular weight excluding hydrogens is 1100 g/mol. The van der Waals surface area contributed by atoms with Gasteiger partial charge in [-0.05, 0) is 74.2 Å². The van der Waals surface area contributed by atoms with Crippen LogP contribution in [0.15, 0.2) is 194 Å². The Labute approximate surface area is 516 Å². The van der Waals surface area contributed by atoms with E-state index in [4.69, 9.17) is 0 Å². The van der Waals surface area contributed by atoms with Crippen LogP contribution in [0.3, 0.4) is 0 Å². The van der Waals surface area contributed by atoms with Gasteiger partial charge in [-0.15, -0.1) is 0 Å². The molecule has 8 aromatic rings. The molecule has 1 heterocycles.